The quantitative estimate of drug-likeness (QED) is 0.0813. The summed E-state index contributed by atoms with van der Waals surface area (Å²) in [6, 6.07) is 0. The average Bonchev–Trinajstić information content (AvgIpc) is 2.81. The minimum Gasteiger partial charge on any atom is -0.427 e. The first-order valence-electron chi connectivity index (χ1n) is 14.5. The van der Waals surface area contributed by atoms with Crippen molar-refractivity contribution in [2.24, 2.45) is 0 Å². The molecule has 200 valence electrons. The van der Waals surface area contributed by atoms with Gasteiger partial charge in [0.25, 0.3) is 0 Å². The van der Waals surface area contributed by atoms with Crippen molar-refractivity contribution in [3.05, 3.63) is 23.8 Å². The Balaban J connectivity index is 0.000000641. The molecule has 3 nitrogen and oxygen atoms in total. The van der Waals surface area contributed by atoms with Gasteiger partial charge in [-0.2, -0.15) is 0 Å². The van der Waals surface area contributed by atoms with Gasteiger partial charge >= 0.3 is 7.12 Å². The van der Waals surface area contributed by atoms with Gasteiger partial charge in [-0.15, -0.1) is 11.6 Å². The molecule has 0 amide bonds. The van der Waals surface area contributed by atoms with Crippen LogP contribution >= 0.6 is 11.6 Å². The lowest BCUT2D eigenvalue weighted by Crippen LogP contribution is -2.50. The molecule has 0 radical (unpaired) electrons. The fourth-order valence-corrected chi connectivity index (χ4v) is 4.73. The van der Waals surface area contributed by atoms with Gasteiger partial charge in [0.05, 0.1) is 31.1 Å². The molecule has 0 bridgehead atoms. The highest BCUT2D eigenvalue weighted by Crippen LogP contribution is 2.28. The summed E-state index contributed by atoms with van der Waals surface area (Å²) in [6.07, 6.45) is 24.3. The van der Waals surface area contributed by atoms with E-state index in [4.69, 9.17) is 21.6 Å². The lowest BCUT2D eigenvalue weighted by molar-refractivity contribution is -0.929. The van der Waals surface area contributed by atoms with E-state index in [2.05, 4.69) is 45.9 Å². The fraction of sp³-hybridized carbons (Fsp3) is 0.862. The van der Waals surface area contributed by atoms with Crippen LogP contribution in [-0.2, 0) is 0 Å². The minimum atomic E-state index is -1.14. The van der Waals surface area contributed by atoms with Gasteiger partial charge in [0.2, 0.25) is 0 Å². The third-order valence-corrected chi connectivity index (χ3v) is 7.31. The van der Waals surface area contributed by atoms with E-state index >= 15 is 0 Å². The number of hydrogen-bond acceptors (Lipinski definition) is 2. The zero-order chi connectivity index (χ0) is 25.7. The van der Waals surface area contributed by atoms with Crippen LogP contribution in [0.1, 0.15) is 125 Å². The number of alkyl halides is 1. The normalized spacial score (nSPS) is 17.8. The van der Waals surface area contributed by atoms with Crippen molar-refractivity contribution in [3.8, 4) is 0 Å². The van der Waals surface area contributed by atoms with Gasteiger partial charge in [0.1, 0.15) is 0 Å². The van der Waals surface area contributed by atoms with E-state index in [-0.39, 0.29) is 4.87 Å². The van der Waals surface area contributed by atoms with Crippen LogP contribution in [0, 0.1) is 0 Å². The minimum absolute atomic E-state index is 0.194. The van der Waals surface area contributed by atoms with Gasteiger partial charge in [-0.1, -0.05) is 96.4 Å². The van der Waals surface area contributed by atoms with E-state index in [0.717, 1.165) is 38.5 Å². The molecule has 0 saturated carbocycles. The van der Waals surface area contributed by atoms with Gasteiger partial charge in [-0.25, -0.2) is 0 Å². The zero-order valence-corrected chi connectivity index (χ0v) is 24.2. The van der Waals surface area contributed by atoms with Crippen LogP contribution in [0.5, 0.6) is 0 Å². The van der Waals surface area contributed by atoms with Crippen molar-refractivity contribution in [3.63, 3.8) is 0 Å². The van der Waals surface area contributed by atoms with Crippen molar-refractivity contribution >= 4 is 18.7 Å². The van der Waals surface area contributed by atoms with E-state index in [0.29, 0.717) is 6.32 Å². The number of hydrogen-bond donors (Lipinski definition) is 2. The molecule has 0 saturated heterocycles. The van der Waals surface area contributed by atoms with Crippen LogP contribution in [0.15, 0.2) is 23.8 Å². The molecule has 0 spiro atoms. The average molecular weight is 499 g/mol. The molecule has 1 aliphatic carbocycles. The number of allylic oxidation sites excluding steroid dienone is 4. The first-order valence-corrected chi connectivity index (χ1v) is 14.9. The van der Waals surface area contributed by atoms with E-state index < -0.39 is 7.12 Å². The maximum atomic E-state index is 8.69. The molecular formula is C29H58BClNO2+. The van der Waals surface area contributed by atoms with Crippen molar-refractivity contribution in [2.45, 2.75) is 136 Å². The van der Waals surface area contributed by atoms with Gasteiger partial charge in [0, 0.05) is 0 Å². The molecule has 1 unspecified atom stereocenters. The molecule has 34 heavy (non-hydrogen) atoms. The Labute approximate surface area is 218 Å². The molecule has 0 aromatic rings. The van der Waals surface area contributed by atoms with Gasteiger partial charge < -0.3 is 14.5 Å². The summed E-state index contributed by atoms with van der Waals surface area (Å²) in [5, 5.41) is 17.4. The summed E-state index contributed by atoms with van der Waals surface area (Å²) >= 11 is 6.19. The Kier molecular flexibility index (Phi) is 20.7. The second-order valence-corrected chi connectivity index (χ2v) is 11.5. The fourth-order valence-electron chi connectivity index (χ4n) is 4.59. The molecule has 0 aliphatic heterocycles. The van der Waals surface area contributed by atoms with Crippen molar-refractivity contribution in [1.82, 2.24) is 0 Å². The van der Waals surface area contributed by atoms with Gasteiger partial charge in [0.15, 0.2) is 0 Å². The van der Waals surface area contributed by atoms with Crippen LogP contribution in [0.4, 0.5) is 0 Å². The number of halogens is 1. The smallest absolute Gasteiger partial charge is 0.427 e. The van der Waals surface area contributed by atoms with E-state index in [1.54, 1.807) is 0 Å². The summed E-state index contributed by atoms with van der Waals surface area (Å²) in [7, 11) is -1.14. The number of rotatable bonds is 19. The van der Waals surface area contributed by atoms with Crippen molar-refractivity contribution in [1.29, 1.82) is 0 Å². The first kappa shape index (κ1) is 33.7. The predicted octanol–water partition coefficient (Wildman–Crippen LogP) is 8.30. The summed E-state index contributed by atoms with van der Waals surface area (Å²) in [6.45, 7) is 17.0. The third kappa shape index (κ3) is 18.0. The van der Waals surface area contributed by atoms with Crippen molar-refractivity contribution in [2.75, 3.05) is 26.2 Å². The molecule has 5 heteroatoms. The van der Waals surface area contributed by atoms with E-state index in [1.165, 1.54) is 87.6 Å². The zero-order valence-electron chi connectivity index (χ0n) is 23.5. The standard InChI is InChI=1S/C16H36N.C13H22BClO2/c1-5-9-13-17(14-10-6-2,15-11-7-3)16-12-8-4;1-13(15)9-7-12(8-10-13)6-4-2-3-5-11-14(16)17/h5-16H2,1-4H3;7-9,16-17H,2-6,10-11H2,1H3/q+1;. The molecule has 1 rings (SSSR count). The van der Waals surface area contributed by atoms with Crippen molar-refractivity contribution < 1.29 is 14.5 Å². The second-order valence-electron chi connectivity index (χ2n) is 10.7. The van der Waals surface area contributed by atoms with E-state index in [1.807, 2.05) is 6.92 Å². The maximum Gasteiger partial charge on any atom is 0.451 e. The lowest BCUT2D eigenvalue weighted by atomic mass is 9.83. The Morgan fingerprint density at radius 1 is 0.794 bits per heavy atom. The SMILES string of the molecule is CC1(Cl)C=CC(CCCCCCB(O)O)=CC1.CCCC[N+](CCCC)(CCCC)CCCC. The monoisotopic (exact) mass is 498 g/mol. The Morgan fingerprint density at radius 3 is 1.65 bits per heavy atom. The Bertz CT molecular complexity index is 497. The number of unbranched alkanes of at least 4 members (excludes halogenated alkanes) is 7. The maximum absolute atomic E-state index is 8.69. The molecule has 0 fully saturated rings. The topological polar surface area (TPSA) is 40.5 Å². The number of nitrogens with zero attached hydrogens (tertiary/aromatic N) is 1. The third-order valence-electron chi connectivity index (χ3n) is 7.03. The van der Waals surface area contributed by atoms with Crippen LogP contribution < -0.4 is 0 Å². The van der Waals surface area contributed by atoms with Gasteiger partial charge in [-0.3, -0.25) is 0 Å². The molecule has 1 atom stereocenters. The van der Waals surface area contributed by atoms with Crippen LogP contribution in [0.3, 0.4) is 0 Å². The Morgan fingerprint density at radius 2 is 1.26 bits per heavy atom. The summed E-state index contributed by atoms with van der Waals surface area (Å²) in [5.74, 6) is 0. The highest BCUT2D eigenvalue weighted by molar-refractivity contribution is 6.40. The van der Waals surface area contributed by atoms with Crippen LogP contribution in [0.2, 0.25) is 6.32 Å². The van der Waals surface area contributed by atoms with Crippen LogP contribution in [0.25, 0.3) is 0 Å². The van der Waals surface area contributed by atoms with Crippen LogP contribution in [-0.4, -0.2) is 52.7 Å². The second kappa shape index (κ2) is 20.9. The van der Waals surface area contributed by atoms with Gasteiger partial charge in [-0.05, 0) is 58.2 Å². The summed E-state index contributed by atoms with van der Waals surface area (Å²) in [5.41, 5.74) is 1.38. The molecule has 0 heterocycles. The largest absolute Gasteiger partial charge is 0.451 e. The molecular weight excluding hydrogens is 441 g/mol. The molecule has 1 aliphatic rings. The Hall–Kier alpha value is -0.285. The summed E-state index contributed by atoms with van der Waals surface area (Å²) in [4.78, 5) is -0.194. The number of quaternary nitrogens is 1. The highest BCUT2D eigenvalue weighted by Gasteiger charge is 2.24. The molecule has 0 aromatic carbocycles. The van der Waals surface area contributed by atoms with E-state index in [9.17, 15) is 0 Å². The predicted molar refractivity (Wildman–Crippen MR) is 154 cm³/mol. The molecule has 0 aromatic heterocycles. The molecule has 2 N–H and O–H groups in total. The highest BCUT2D eigenvalue weighted by atomic mass is 35.5. The lowest BCUT2D eigenvalue weighted by Gasteiger charge is -2.39. The first-order chi connectivity index (χ1) is 16.2. The summed E-state index contributed by atoms with van der Waals surface area (Å²) < 4.78 is 1.42.